The first-order valence-electron chi connectivity index (χ1n) is 3.03. The van der Waals surface area contributed by atoms with Crippen LogP contribution in [0.1, 0.15) is 13.8 Å². The van der Waals surface area contributed by atoms with Crippen LogP contribution in [-0.2, 0) is 4.79 Å². The zero-order valence-corrected chi connectivity index (χ0v) is 7.84. The number of rotatable bonds is 3. The van der Waals surface area contributed by atoms with E-state index in [2.05, 4.69) is 0 Å². The van der Waals surface area contributed by atoms with Gasteiger partial charge in [0.25, 0.3) is 0 Å². The minimum atomic E-state index is 0. The summed E-state index contributed by atoms with van der Waals surface area (Å²) < 4.78 is 0. The smallest absolute Gasteiger partial charge is 0.219 e. The first kappa shape index (κ1) is 12.7. The third-order valence-corrected chi connectivity index (χ3v) is 1.35. The lowest BCUT2D eigenvalue weighted by Crippen LogP contribution is -2.30. The number of amides is 1. The van der Waals surface area contributed by atoms with Crippen molar-refractivity contribution in [1.82, 2.24) is 4.90 Å². The fraction of sp³-hybridized carbons (Fsp3) is 0.833. The summed E-state index contributed by atoms with van der Waals surface area (Å²) in [6, 6.07) is 0. The van der Waals surface area contributed by atoms with Crippen molar-refractivity contribution in [1.29, 1.82) is 0 Å². The summed E-state index contributed by atoms with van der Waals surface area (Å²) in [7, 11) is 0. The van der Waals surface area contributed by atoms with Crippen LogP contribution in [0.4, 0.5) is 0 Å². The maximum absolute atomic E-state index is 10.6. The molecule has 0 saturated heterocycles. The lowest BCUT2D eigenvalue weighted by molar-refractivity contribution is -0.128. The average Bonchev–Trinajstić information content (AvgIpc) is 1.82. The lowest BCUT2D eigenvalue weighted by atomic mass is 10.5. The molecule has 0 aromatic carbocycles. The quantitative estimate of drug-likeness (QED) is 0.612. The molecule has 0 heterocycles. The normalized spacial score (nSPS) is 8.30. The molecule has 0 radical (unpaired) electrons. The van der Waals surface area contributed by atoms with Gasteiger partial charge in [-0.2, -0.15) is 0 Å². The third-order valence-electron chi connectivity index (χ3n) is 1.18. The molecule has 10 heavy (non-hydrogen) atoms. The molecule has 0 aromatic heterocycles. The molecule has 0 aromatic rings. The van der Waals surface area contributed by atoms with E-state index >= 15 is 0 Å². The molecule has 4 heteroatoms. The van der Waals surface area contributed by atoms with Crippen LogP contribution in [0, 0.1) is 0 Å². The monoisotopic (exact) mass is 185 g/mol. The van der Waals surface area contributed by atoms with Crippen molar-refractivity contribution in [3.05, 3.63) is 0 Å². The van der Waals surface area contributed by atoms with E-state index in [0.717, 1.165) is 6.54 Å². The van der Waals surface area contributed by atoms with Crippen molar-refractivity contribution < 1.29 is 4.79 Å². The van der Waals surface area contributed by atoms with Gasteiger partial charge in [0.1, 0.15) is 0 Å². The number of hydrogen-bond acceptors (Lipinski definition) is 1. The minimum Gasteiger partial charge on any atom is -0.342 e. The lowest BCUT2D eigenvalue weighted by Gasteiger charge is -2.16. The van der Waals surface area contributed by atoms with Gasteiger partial charge in [-0.25, -0.2) is 0 Å². The highest BCUT2D eigenvalue weighted by Gasteiger charge is 2.02. The molecule has 0 rings (SSSR count). The van der Waals surface area contributed by atoms with E-state index in [0.29, 0.717) is 12.4 Å². The van der Waals surface area contributed by atoms with Gasteiger partial charge in [0.2, 0.25) is 5.91 Å². The van der Waals surface area contributed by atoms with Crippen LogP contribution < -0.4 is 0 Å². The minimum absolute atomic E-state index is 0. The van der Waals surface area contributed by atoms with Gasteiger partial charge in [-0.1, -0.05) is 0 Å². The molecule has 1 amide bonds. The summed E-state index contributed by atoms with van der Waals surface area (Å²) in [6.45, 7) is 4.90. The first-order valence-corrected chi connectivity index (χ1v) is 3.57. The Morgan fingerprint density at radius 1 is 1.60 bits per heavy atom. The van der Waals surface area contributed by atoms with Crippen molar-refractivity contribution in [3.63, 3.8) is 0 Å². The van der Waals surface area contributed by atoms with Gasteiger partial charge in [0.05, 0.1) is 0 Å². The second kappa shape index (κ2) is 7.16. The second-order valence-electron chi connectivity index (χ2n) is 1.79. The van der Waals surface area contributed by atoms with Crippen molar-refractivity contribution in [2.24, 2.45) is 0 Å². The van der Waals surface area contributed by atoms with Gasteiger partial charge in [-0.3, -0.25) is 4.79 Å². The number of hydrogen-bond donors (Lipinski definition) is 0. The molecule has 0 N–H and O–H groups in total. The maximum Gasteiger partial charge on any atom is 0.219 e. The number of carbonyl (C=O) groups excluding carboxylic acids is 1. The Balaban J connectivity index is 0. The Labute approximate surface area is 72.9 Å². The topological polar surface area (TPSA) is 20.3 Å². The van der Waals surface area contributed by atoms with Crippen molar-refractivity contribution in [2.45, 2.75) is 13.8 Å². The van der Waals surface area contributed by atoms with Gasteiger partial charge in [-0.15, -0.1) is 24.0 Å². The molecule has 0 unspecified atom stereocenters. The predicted octanol–water partition coefficient (Wildman–Crippen LogP) is 1.52. The van der Waals surface area contributed by atoms with Crippen molar-refractivity contribution in [3.8, 4) is 0 Å². The van der Waals surface area contributed by atoms with Gasteiger partial charge in [-0.05, 0) is 6.92 Å². The van der Waals surface area contributed by atoms with Crippen LogP contribution in [0.2, 0.25) is 0 Å². The molecule has 62 valence electrons. The summed E-state index contributed by atoms with van der Waals surface area (Å²) in [5.41, 5.74) is 0. The van der Waals surface area contributed by atoms with Crippen LogP contribution in [-0.4, -0.2) is 29.8 Å². The van der Waals surface area contributed by atoms with Gasteiger partial charge in [0.15, 0.2) is 0 Å². The van der Waals surface area contributed by atoms with Crippen LogP contribution >= 0.6 is 24.0 Å². The molecule has 0 aliphatic heterocycles. The summed E-state index contributed by atoms with van der Waals surface area (Å²) in [4.78, 5) is 12.3. The van der Waals surface area contributed by atoms with Crippen LogP contribution in [0.25, 0.3) is 0 Å². The SMILES string of the molecule is CCN(CCCl)C(C)=O.Cl. The Bertz CT molecular complexity index is 97.7. The van der Waals surface area contributed by atoms with E-state index in [1.165, 1.54) is 0 Å². The molecule has 2 nitrogen and oxygen atoms in total. The highest BCUT2D eigenvalue weighted by molar-refractivity contribution is 6.18. The molecule has 0 fully saturated rings. The van der Waals surface area contributed by atoms with Crippen molar-refractivity contribution in [2.75, 3.05) is 19.0 Å². The molecule has 0 spiro atoms. The summed E-state index contributed by atoms with van der Waals surface area (Å²) >= 11 is 5.43. The average molecular weight is 186 g/mol. The predicted molar refractivity (Wildman–Crippen MR) is 45.9 cm³/mol. The Morgan fingerprint density at radius 2 is 2.10 bits per heavy atom. The molecule has 0 aliphatic rings. The molecule has 0 bridgehead atoms. The fourth-order valence-corrected chi connectivity index (χ4v) is 0.844. The first-order chi connectivity index (χ1) is 4.22. The third kappa shape index (κ3) is 4.89. The fourth-order valence-electron chi connectivity index (χ4n) is 0.640. The zero-order chi connectivity index (χ0) is 7.28. The van der Waals surface area contributed by atoms with Crippen LogP contribution in [0.15, 0.2) is 0 Å². The summed E-state index contributed by atoms with van der Waals surface area (Å²) in [5.74, 6) is 0.617. The molecule has 0 atom stereocenters. The van der Waals surface area contributed by atoms with Crippen molar-refractivity contribution >= 4 is 29.9 Å². The largest absolute Gasteiger partial charge is 0.342 e. The Morgan fingerprint density at radius 3 is 2.20 bits per heavy atom. The zero-order valence-electron chi connectivity index (χ0n) is 6.26. The molecular formula is C6H13Cl2NO. The second-order valence-corrected chi connectivity index (χ2v) is 2.17. The highest BCUT2D eigenvalue weighted by atomic mass is 35.5. The maximum atomic E-state index is 10.6. The van der Waals surface area contributed by atoms with E-state index < -0.39 is 0 Å². The summed E-state index contributed by atoms with van der Waals surface area (Å²) in [6.07, 6.45) is 0. The number of nitrogens with zero attached hydrogens (tertiary/aromatic N) is 1. The number of halogens is 2. The molecule has 0 aliphatic carbocycles. The molecule has 0 saturated carbocycles. The van der Waals surface area contributed by atoms with E-state index in [1.807, 2.05) is 6.92 Å². The molecular weight excluding hydrogens is 173 g/mol. The standard InChI is InChI=1S/C6H12ClNO.ClH/c1-3-8(5-4-7)6(2)9;/h3-5H2,1-2H3;1H. The van der Waals surface area contributed by atoms with E-state index in [9.17, 15) is 4.79 Å². The van der Waals surface area contributed by atoms with E-state index in [4.69, 9.17) is 11.6 Å². The van der Waals surface area contributed by atoms with Gasteiger partial charge >= 0.3 is 0 Å². The summed E-state index contributed by atoms with van der Waals surface area (Å²) in [5, 5.41) is 0. The van der Waals surface area contributed by atoms with Gasteiger partial charge < -0.3 is 4.90 Å². The van der Waals surface area contributed by atoms with E-state index in [1.54, 1.807) is 11.8 Å². The highest BCUT2D eigenvalue weighted by Crippen LogP contribution is 1.88. The Kier molecular flexibility index (Phi) is 9.10. The number of alkyl halides is 1. The number of carbonyl (C=O) groups is 1. The Hall–Kier alpha value is 0.0500. The van der Waals surface area contributed by atoms with Crippen LogP contribution in [0.3, 0.4) is 0 Å². The van der Waals surface area contributed by atoms with Crippen LogP contribution in [0.5, 0.6) is 0 Å². The van der Waals surface area contributed by atoms with Gasteiger partial charge in [0, 0.05) is 25.9 Å². The van der Waals surface area contributed by atoms with E-state index in [-0.39, 0.29) is 18.3 Å².